The number of carbonyl (C=O) groups is 1. The predicted octanol–water partition coefficient (Wildman–Crippen LogP) is 4.38. The van der Waals surface area contributed by atoms with Gasteiger partial charge in [-0.05, 0) is 61.4 Å². The topological polar surface area (TPSA) is 60.7 Å². The lowest BCUT2D eigenvalue weighted by Crippen LogP contribution is -2.16. The second-order valence-electron chi connectivity index (χ2n) is 6.84. The first-order valence-electron chi connectivity index (χ1n) is 9.05. The first-order valence-corrected chi connectivity index (χ1v) is 9.05. The van der Waals surface area contributed by atoms with Crippen LogP contribution in [0.2, 0.25) is 0 Å². The number of carboxylic acid groups (broad SMARTS) is 1. The lowest BCUT2D eigenvalue weighted by molar-refractivity contribution is 0.0685. The van der Waals surface area contributed by atoms with Crippen LogP contribution in [0.15, 0.2) is 24.3 Å². The van der Waals surface area contributed by atoms with Crippen molar-refractivity contribution in [1.29, 1.82) is 0 Å². The smallest absolute Gasteiger partial charge is 0.352 e. The molecular weight excluding hydrogens is 330 g/mol. The standard InChI is InChI=1S/C21H23NO4/c1-25-18-10-14-8-9-22-17(21(23)24)11-15(13-6-4-3-5-7-13)20(22)16(14)12-19(18)26-2/h6,10-12H,3-5,7-9H2,1-2H3,(H,23,24). The third kappa shape index (κ3) is 2.59. The lowest BCUT2D eigenvalue weighted by atomic mass is 9.89. The molecule has 0 saturated carbocycles. The van der Waals surface area contributed by atoms with E-state index in [9.17, 15) is 9.90 Å². The highest BCUT2D eigenvalue weighted by molar-refractivity contribution is 5.93. The molecule has 0 amide bonds. The van der Waals surface area contributed by atoms with Gasteiger partial charge in [-0.2, -0.15) is 0 Å². The number of aryl methyl sites for hydroxylation is 1. The molecular formula is C21H23NO4. The SMILES string of the molecule is COc1cc2c(cc1OC)-c1c(C3=CCCCC3)cc(C(=O)O)n1CC2. The van der Waals surface area contributed by atoms with Gasteiger partial charge in [-0.15, -0.1) is 0 Å². The summed E-state index contributed by atoms with van der Waals surface area (Å²) in [5.74, 6) is 0.502. The Hall–Kier alpha value is -2.69. The van der Waals surface area contributed by atoms with E-state index in [4.69, 9.17) is 9.47 Å². The molecule has 1 aliphatic carbocycles. The molecule has 2 heterocycles. The number of methoxy groups -OCH3 is 2. The Morgan fingerprint density at radius 3 is 2.46 bits per heavy atom. The van der Waals surface area contributed by atoms with Gasteiger partial charge in [-0.25, -0.2) is 4.79 Å². The van der Waals surface area contributed by atoms with E-state index in [1.807, 2.05) is 22.8 Å². The highest BCUT2D eigenvalue weighted by Gasteiger charge is 2.28. The van der Waals surface area contributed by atoms with Crippen LogP contribution in [-0.4, -0.2) is 29.9 Å². The summed E-state index contributed by atoms with van der Waals surface area (Å²) in [7, 11) is 3.26. The first kappa shape index (κ1) is 16.8. The van der Waals surface area contributed by atoms with Crippen molar-refractivity contribution in [3.63, 3.8) is 0 Å². The van der Waals surface area contributed by atoms with Gasteiger partial charge in [0, 0.05) is 17.7 Å². The van der Waals surface area contributed by atoms with Crippen LogP contribution >= 0.6 is 0 Å². The minimum Gasteiger partial charge on any atom is -0.493 e. The quantitative estimate of drug-likeness (QED) is 0.886. The van der Waals surface area contributed by atoms with Crippen molar-refractivity contribution in [1.82, 2.24) is 4.57 Å². The maximum Gasteiger partial charge on any atom is 0.352 e. The van der Waals surface area contributed by atoms with Crippen molar-refractivity contribution in [2.75, 3.05) is 14.2 Å². The van der Waals surface area contributed by atoms with Gasteiger partial charge >= 0.3 is 5.97 Å². The number of benzene rings is 1. The Morgan fingerprint density at radius 1 is 1.04 bits per heavy atom. The third-order valence-electron chi connectivity index (χ3n) is 5.42. The zero-order valence-electron chi connectivity index (χ0n) is 15.2. The van der Waals surface area contributed by atoms with Crippen LogP contribution in [0.1, 0.15) is 47.3 Å². The zero-order chi connectivity index (χ0) is 18.3. The Balaban J connectivity index is 1.97. The van der Waals surface area contributed by atoms with Gasteiger partial charge in [0.05, 0.1) is 19.9 Å². The minimum atomic E-state index is -0.877. The van der Waals surface area contributed by atoms with Gasteiger partial charge in [0.2, 0.25) is 0 Å². The molecule has 0 fully saturated rings. The highest BCUT2D eigenvalue weighted by atomic mass is 16.5. The number of fused-ring (bicyclic) bond motifs is 3. The van der Waals surface area contributed by atoms with Crippen molar-refractivity contribution in [3.05, 3.63) is 41.1 Å². The Bertz CT molecular complexity index is 907. The van der Waals surface area contributed by atoms with E-state index in [0.29, 0.717) is 23.7 Å². The van der Waals surface area contributed by atoms with E-state index in [0.717, 1.165) is 42.5 Å². The van der Waals surface area contributed by atoms with Crippen LogP contribution in [0.3, 0.4) is 0 Å². The average molecular weight is 353 g/mol. The number of ether oxygens (including phenoxy) is 2. The largest absolute Gasteiger partial charge is 0.493 e. The number of aromatic carboxylic acids is 1. The molecule has 2 aliphatic rings. The lowest BCUT2D eigenvalue weighted by Gasteiger charge is -2.24. The molecule has 1 aromatic heterocycles. The molecule has 0 unspecified atom stereocenters. The zero-order valence-corrected chi connectivity index (χ0v) is 15.2. The summed E-state index contributed by atoms with van der Waals surface area (Å²) >= 11 is 0. The Morgan fingerprint density at radius 2 is 1.81 bits per heavy atom. The first-order chi connectivity index (χ1) is 12.6. The summed E-state index contributed by atoms with van der Waals surface area (Å²) in [6, 6.07) is 5.85. The van der Waals surface area contributed by atoms with E-state index in [1.54, 1.807) is 14.2 Å². The maximum absolute atomic E-state index is 11.8. The molecule has 1 N–H and O–H groups in total. The molecule has 5 nitrogen and oxygen atoms in total. The minimum absolute atomic E-state index is 0.363. The molecule has 0 saturated heterocycles. The summed E-state index contributed by atoms with van der Waals surface area (Å²) in [5, 5.41) is 9.70. The van der Waals surface area contributed by atoms with Crippen LogP contribution in [0.25, 0.3) is 16.8 Å². The fraction of sp³-hybridized carbons (Fsp3) is 0.381. The Labute approximate surface area is 152 Å². The normalized spacial score (nSPS) is 15.7. The van der Waals surface area contributed by atoms with E-state index in [1.165, 1.54) is 17.6 Å². The summed E-state index contributed by atoms with van der Waals surface area (Å²) in [6.45, 7) is 0.659. The maximum atomic E-state index is 11.8. The molecule has 1 aromatic carbocycles. The van der Waals surface area contributed by atoms with Crippen molar-refractivity contribution in [2.45, 2.75) is 38.6 Å². The van der Waals surface area contributed by atoms with Crippen LogP contribution in [0.4, 0.5) is 0 Å². The van der Waals surface area contributed by atoms with E-state index >= 15 is 0 Å². The fourth-order valence-electron chi connectivity index (χ4n) is 4.16. The van der Waals surface area contributed by atoms with Gasteiger partial charge in [-0.3, -0.25) is 0 Å². The monoisotopic (exact) mass is 353 g/mol. The van der Waals surface area contributed by atoms with Crippen molar-refractivity contribution < 1.29 is 19.4 Å². The van der Waals surface area contributed by atoms with Gasteiger partial charge in [-0.1, -0.05) is 6.08 Å². The van der Waals surface area contributed by atoms with Gasteiger partial charge < -0.3 is 19.1 Å². The molecule has 4 rings (SSSR count). The van der Waals surface area contributed by atoms with Gasteiger partial charge in [0.25, 0.3) is 0 Å². The van der Waals surface area contributed by atoms with Crippen molar-refractivity contribution in [3.8, 4) is 22.8 Å². The van der Waals surface area contributed by atoms with Crippen LogP contribution in [-0.2, 0) is 13.0 Å². The average Bonchev–Trinajstić information content (AvgIpc) is 3.07. The molecule has 26 heavy (non-hydrogen) atoms. The van der Waals surface area contributed by atoms with Crippen molar-refractivity contribution >= 4 is 11.5 Å². The number of allylic oxidation sites excluding steroid dienone is 2. The fourth-order valence-corrected chi connectivity index (χ4v) is 4.16. The molecule has 1 aliphatic heterocycles. The van der Waals surface area contributed by atoms with E-state index < -0.39 is 5.97 Å². The Kier molecular flexibility index (Phi) is 4.23. The molecule has 136 valence electrons. The summed E-state index contributed by atoms with van der Waals surface area (Å²) in [5.41, 5.74) is 5.88. The highest BCUT2D eigenvalue weighted by Crippen LogP contribution is 2.44. The second-order valence-corrected chi connectivity index (χ2v) is 6.84. The number of hydrogen-bond donors (Lipinski definition) is 1. The van der Waals surface area contributed by atoms with Crippen molar-refractivity contribution in [2.24, 2.45) is 0 Å². The van der Waals surface area contributed by atoms with Crippen LogP contribution in [0, 0.1) is 0 Å². The number of rotatable bonds is 4. The van der Waals surface area contributed by atoms with E-state index in [-0.39, 0.29) is 0 Å². The third-order valence-corrected chi connectivity index (χ3v) is 5.42. The predicted molar refractivity (Wildman–Crippen MR) is 100 cm³/mol. The number of hydrogen-bond acceptors (Lipinski definition) is 3. The van der Waals surface area contributed by atoms with E-state index in [2.05, 4.69) is 6.08 Å². The summed E-state index contributed by atoms with van der Waals surface area (Å²) < 4.78 is 12.9. The summed E-state index contributed by atoms with van der Waals surface area (Å²) in [4.78, 5) is 11.8. The molecule has 2 aromatic rings. The number of aromatic nitrogens is 1. The summed E-state index contributed by atoms with van der Waals surface area (Å²) in [6.07, 6.45) is 7.45. The molecule has 0 spiro atoms. The molecule has 0 radical (unpaired) electrons. The molecule has 0 atom stereocenters. The van der Waals surface area contributed by atoms with Gasteiger partial charge in [0.15, 0.2) is 11.5 Å². The van der Waals surface area contributed by atoms with Crippen LogP contribution in [0.5, 0.6) is 11.5 Å². The van der Waals surface area contributed by atoms with Gasteiger partial charge in [0.1, 0.15) is 5.69 Å². The molecule has 5 heteroatoms. The number of nitrogens with zero attached hydrogens (tertiary/aromatic N) is 1. The molecule has 0 bridgehead atoms. The number of carboxylic acids is 1. The van der Waals surface area contributed by atoms with Crippen LogP contribution < -0.4 is 9.47 Å². The second kappa shape index (κ2) is 6.56.